The van der Waals surface area contributed by atoms with E-state index in [-0.39, 0.29) is 17.4 Å². The summed E-state index contributed by atoms with van der Waals surface area (Å²) >= 11 is 0. The van der Waals surface area contributed by atoms with E-state index in [1.54, 1.807) is 6.92 Å². The molecule has 0 spiro atoms. The second-order valence-electron chi connectivity index (χ2n) is 8.19. The van der Waals surface area contributed by atoms with Gasteiger partial charge < -0.3 is 10.1 Å². The van der Waals surface area contributed by atoms with Crippen molar-refractivity contribution in [2.75, 3.05) is 0 Å². The van der Waals surface area contributed by atoms with E-state index in [2.05, 4.69) is 56.4 Å². The Bertz CT molecular complexity index is 737. The van der Waals surface area contributed by atoms with Gasteiger partial charge in [-0.2, -0.15) is 0 Å². The normalized spacial score (nSPS) is 13.8. The number of hydrogen-bond acceptors (Lipinski definition) is 2. The maximum absolute atomic E-state index is 12.5. The number of benzene rings is 2. The lowest BCUT2D eigenvalue weighted by Gasteiger charge is -2.22. The van der Waals surface area contributed by atoms with Crippen LogP contribution in [0.3, 0.4) is 0 Å². The number of ether oxygens (including phenoxy) is 1. The summed E-state index contributed by atoms with van der Waals surface area (Å²) in [5.74, 6) is 0.615. The van der Waals surface area contributed by atoms with Gasteiger partial charge >= 0.3 is 0 Å². The molecule has 2 rings (SSSR count). The summed E-state index contributed by atoms with van der Waals surface area (Å²) in [7, 11) is 0. The molecule has 0 fully saturated rings. The fourth-order valence-corrected chi connectivity index (χ4v) is 2.94. The second kappa shape index (κ2) is 7.94. The summed E-state index contributed by atoms with van der Waals surface area (Å²) < 4.78 is 5.83. The molecule has 2 aromatic carbocycles. The SMILES string of the molecule is Cc1cc(C)cc(O[C@H](C)C(=O)N[C@H](C)c2ccc(C(C)(C)C)cc2)c1. The van der Waals surface area contributed by atoms with E-state index in [9.17, 15) is 4.79 Å². The fraction of sp³-hybridized carbons (Fsp3) is 0.435. The number of rotatable bonds is 5. The van der Waals surface area contributed by atoms with E-state index in [1.165, 1.54) is 5.56 Å². The quantitative estimate of drug-likeness (QED) is 0.798. The van der Waals surface area contributed by atoms with Crippen LogP contribution < -0.4 is 10.1 Å². The minimum atomic E-state index is -0.549. The van der Waals surface area contributed by atoms with E-state index in [4.69, 9.17) is 4.74 Å². The summed E-state index contributed by atoms with van der Waals surface area (Å²) in [4.78, 5) is 12.5. The molecule has 0 saturated carbocycles. The molecular formula is C23H31NO2. The molecule has 0 aromatic heterocycles. The second-order valence-corrected chi connectivity index (χ2v) is 8.19. The number of carbonyl (C=O) groups excluding carboxylic acids is 1. The predicted octanol–water partition coefficient (Wildman–Crippen LogP) is 5.25. The first-order chi connectivity index (χ1) is 12.1. The minimum absolute atomic E-state index is 0.0678. The van der Waals surface area contributed by atoms with Gasteiger partial charge in [0.25, 0.3) is 5.91 Å². The highest BCUT2D eigenvalue weighted by Crippen LogP contribution is 2.24. The van der Waals surface area contributed by atoms with Gasteiger partial charge in [-0.05, 0) is 67.5 Å². The Morgan fingerprint density at radius 3 is 2.00 bits per heavy atom. The van der Waals surface area contributed by atoms with Crippen molar-refractivity contribution in [3.63, 3.8) is 0 Å². The van der Waals surface area contributed by atoms with Crippen LogP contribution in [0.15, 0.2) is 42.5 Å². The average Bonchev–Trinajstić information content (AvgIpc) is 2.53. The van der Waals surface area contributed by atoms with Crippen LogP contribution in [0.1, 0.15) is 62.9 Å². The molecule has 0 aliphatic carbocycles. The lowest BCUT2D eigenvalue weighted by molar-refractivity contribution is -0.127. The van der Waals surface area contributed by atoms with Gasteiger partial charge in [0.1, 0.15) is 5.75 Å². The van der Waals surface area contributed by atoms with Gasteiger partial charge in [-0.15, -0.1) is 0 Å². The van der Waals surface area contributed by atoms with E-state index in [0.29, 0.717) is 0 Å². The molecule has 1 N–H and O–H groups in total. The predicted molar refractivity (Wildman–Crippen MR) is 108 cm³/mol. The molecule has 0 aliphatic heterocycles. The molecule has 2 aromatic rings. The van der Waals surface area contributed by atoms with Crippen molar-refractivity contribution >= 4 is 5.91 Å². The van der Waals surface area contributed by atoms with Crippen LogP contribution in [0.5, 0.6) is 5.75 Å². The van der Waals surface area contributed by atoms with Crippen LogP contribution >= 0.6 is 0 Å². The van der Waals surface area contributed by atoms with Crippen LogP contribution in [0.4, 0.5) is 0 Å². The van der Waals surface area contributed by atoms with Crippen molar-refractivity contribution in [1.82, 2.24) is 5.32 Å². The zero-order valence-electron chi connectivity index (χ0n) is 17.0. The summed E-state index contributed by atoms with van der Waals surface area (Å²) in [5, 5.41) is 3.04. The van der Waals surface area contributed by atoms with Crippen LogP contribution in [-0.4, -0.2) is 12.0 Å². The Morgan fingerprint density at radius 2 is 1.50 bits per heavy atom. The molecule has 140 valence electrons. The van der Waals surface area contributed by atoms with Gasteiger partial charge in [-0.25, -0.2) is 0 Å². The third-order valence-electron chi connectivity index (χ3n) is 4.51. The first-order valence-electron chi connectivity index (χ1n) is 9.22. The van der Waals surface area contributed by atoms with Crippen LogP contribution in [-0.2, 0) is 10.2 Å². The Kier molecular flexibility index (Phi) is 6.12. The minimum Gasteiger partial charge on any atom is -0.481 e. The van der Waals surface area contributed by atoms with Crippen molar-refractivity contribution in [1.29, 1.82) is 0 Å². The monoisotopic (exact) mass is 353 g/mol. The highest BCUT2D eigenvalue weighted by molar-refractivity contribution is 5.81. The van der Waals surface area contributed by atoms with Crippen molar-refractivity contribution in [2.24, 2.45) is 0 Å². The Labute approximate surface area is 157 Å². The average molecular weight is 354 g/mol. The van der Waals surface area contributed by atoms with Crippen LogP contribution in [0.2, 0.25) is 0 Å². The largest absolute Gasteiger partial charge is 0.481 e. The highest BCUT2D eigenvalue weighted by Gasteiger charge is 2.19. The fourth-order valence-electron chi connectivity index (χ4n) is 2.94. The van der Waals surface area contributed by atoms with Gasteiger partial charge in [-0.1, -0.05) is 51.1 Å². The molecular weight excluding hydrogens is 322 g/mol. The zero-order chi connectivity index (χ0) is 19.5. The molecule has 0 radical (unpaired) electrons. The Hall–Kier alpha value is -2.29. The van der Waals surface area contributed by atoms with Crippen molar-refractivity contribution in [3.8, 4) is 5.75 Å². The number of aryl methyl sites for hydroxylation is 2. The number of carbonyl (C=O) groups is 1. The Morgan fingerprint density at radius 1 is 0.962 bits per heavy atom. The molecule has 0 heterocycles. The molecule has 1 amide bonds. The van der Waals surface area contributed by atoms with Crippen molar-refractivity contribution in [2.45, 2.75) is 66.0 Å². The van der Waals surface area contributed by atoms with E-state index in [0.717, 1.165) is 22.4 Å². The third kappa shape index (κ3) is 5.35. The molecule has 0 unspecified atom stereocenters. The molecule has 0 aliphatic rings. The number of hydrogen-bond donors (Lipinski definition) is 1. The van der Waals surface area contributed by atoms with E-state index in [1.807, 2.05) is 32.9 Å². The Balaban J connectivity index is 1.99. The molecule has 3 heteroatoms. The lowest BCUT2D eigenvalue weighted by Crippen LogP contribution is -2.37. The van der Waals surface area contributed by atoms with Gasteiger partial charge in [0.05, 0.1) is 6.04 Å². The highest BCUT2D eigenvalue weighted by atomic mass is 16.5. The molecule has 26 heavy (non-hydrogen) atoms. The summed E-state index contributed by atoms with van der Waals surface area (Å²) in [5.41, 5.74) is 4.75. The van der Waals surface area contributed by atoms with Crippen LogP contribution in [0, 0.1) is 13.8 Å². The first kappa shape index (κ1) is 20.0. The zero-order valence-corrected chi connectivity index (χ0v) is 17.0. The van der Waals surface area contributed by atoms with E-state index >= 15 is 0 Å². The maximum atomic E-state index is 12.5. The maximum Gasteiger partial charge on any atom is 0.261 e. The topological polar surface area (TPSA) is 38.3 Å². The lowest BCUT2D eigenvalue weighted by atomic mass is 9.86. The molecule has 0 saturated heterocycles. The van der Waals surface area contributed by atoms with Crippen LogP contribution in [0.25, 0.3) is 0 Å². The van der Waals surface area contributed by atoms with Crippen molar-refractivity contribution < 1.29 is 9.53 Å². The van der Waals surface area contributed by atoms with Gasteiger partial charge in [0, 0.05) is 0 Å². The molecule has 2 atom stereocenters. The molecule has 0 bridgehead atoms. The molecule has 3 nitrogen and oxygen atoms in total. The van der Waals surface area contributed by atoms with Gasteiger partial charge in [0.2, 0.25) is 0 Å². The van der Waals surface area contributed by atoms with Gasteiger partial charge in [0.15, 0.2) is 6.10 Å². The standard InChI is InChI=1S/C23H31NO2/c1-15-12-16(2)14-21(13-15)26-18(4)22(25)24-17(3)19-8-10-20(11-9-19)23(5,6)7/h8-14,17-18H,1-7H3,(H,24,25)/t17-,18-/m1/s1. The smallest absolute Gasteiger partial charge is 0.261 e. The van der Waals surface area contributed by atoms with Crippen molar-refractivity contribution in [3.05, 3.63) is 64.7 Å². The summed E-state index contributed by atoms with van der Waals surface area (Å²) in [6.45, 7) is 14.4. The van der Waals surface area contributed by atoms with Gasteiger partial charge in [-0.3, -0.25) is 4.79 Å². The van der Waals surface area contributed by atoms with E-state index < -0.39 is 6.10 Å². The third-order valence-corrected chi connectivity index (χ3v) is 4.51. The number of nitrogens with one attached hydrogen (secondary N) is 1. The summed E-state index contributed by atoms with van der Waals surface area (Å²) in [6.07, 6.45) is -0.549. The number of amides is 1. The summed E-state index contributed by atoms with van der Waals surface area (Å²) in [6, 6.07) is 14.3. The first-order valence-corrected chi connectivity index (χ1v) is 9.22.